The van der Waals surface area contributed by atoms with Gasteiger partial charge in [-0.3, -0.25) is 4.31 Å². The number of aromatic nitrogens is 2. The maximum absolute atomic E-state index is 5.05. The molecule has 0 spiro atoms. The Balaban J connectivity index is 1.66. The summed E-state index contributed by atoms with van der Waals surface area (Å²) in [6.07, 6.45) is 0. The normalized spacial score (nSPS) is 13.1. The van der Waals surface area contributed by atoms with Crippen molar-refractivity contribution in [3.63, 3.8) is 0 Å². The van der Waals surface area contributed by atoms with Crippen molar-refractivity contribution in [3.8, 4) is 11.3 Å². The van der Waals surface area contributed by atoms with Gasteiger partial charge in [-0.1, -0.05) is 50.2 Å². The Bertz CT molecular complexity index is 1190. The fourth-order valence-electron chi connectivity index (χ4n) is 3.91. The topological polar surface area (TPSA) is 32.3 Å². The third kappa shape index (κ3) is 3.34. The molecule has 29 heavy (non-hydrogen) atoms. The summed E-state index contributed by atoms with van der Waals surface area (Å²) in [5.41, 5.74) is 4.23. The van der Waals surface area contributed by atoms with Gasteiger partial charge in [0.05, 0.1) is 21.6 Å². The molecule has 0 N–H and O–H groups in total. The fourth-order valence-corrected chi connectivity index (χ4v) is 4.97. The van der Waals surface area contributed by atoms with Gasteiger partial charge in [-0.25, -0.2) is 9.97 Å². The summed E-state index contributed by atoms with van der Waals surface area (Å²) in [4.78, 5) is 13.7. The monoisotopic (exact) mass is 400 g/mol. The summed E-state index contributed by atoms with van der Waals surface area (Å²) in [5, 5.41) is 2.34. The Labute approximate surface area is 175 Å². The van der Waals surface area contributed by atoms with Gasteiger partial charge in [0.15, 0.2) is 0 Å². The molecule has 0 radical (unpaired) electrons. The minimum Gasteiger partial charge on any atom is -0.302 e. The Morgan fingerprint density at radius 1 is 0.862 bits per heavy atom. The van der Waals surface area contributed by atoms with Crippen LogP contribution in [0, 0.1) is 0 Å². The number of nitrogens with zero attached hydrogens (tertiary/aromatic N) is 4. The highest BCUT2D eigenvalue weighted by atomic mass is 32.2. The first-order valence-corrected chi connectivity index (χ1v) is 11.0. The van der Waals surface area contributed by atoms with E-state index in [1.165, 1.54) is 10.3 Å². The van der Waals surface area contributed by atoms with Crippen molar-refractivity contribution in [2.24, 2.45) is 0 Å². The van der Waals surface area contributed by atoms with E-state index in [-0.39, 0.29) is 0 Å². The molecule has 1 aliphatic rings. The first-order chi connectivity index (χ1) is 14.3. The van der Waals surface area contributed by atoms with Crippen molar-refractivity contribution in [1.29, 1.82) is 0 Å². The van der Waals surface area contributed by atoms with E-state index in [4.69, 9.17) is 9.97 Å². The highest BCUT2D eigenvalue weighted by molar-refractivity contribution is 8.00. The number of pyridine rings is 2. The van der Waals surface area contributed by atoms with Crippen LogP contribution < -0.4 is 4.31 Å². The Kier molecular flexibility index (Phi) is 4.86. The quantitative estimate of drug-likeness (QED) is 0.406. The number of hydrogen-bond donors (Lipinski definition) is 0. The average molecular weight is 401 g/mol. The lowest BCUT2D eigenvalue weighted by atomic mass is 10.1. The summed E-state index contributed by atoms with van der Waals surface area (Å²) >= 11 is 1.77. The van der Waals surface area contributed by atoms with Crippen molar-refractivity contribution in [2.45, 2.75) is 18.7 Å². The molecular weight excluding hydrogens is 376 g/mol. The van der Waals surface area contributed by atoms with Gasteiger partial charge < -0.3 is 4.90 Å². The molecule has 2 aromatic heterocycles. The molecule has 0 saturated heterocycles. The second kappa shape index (κ2) is 7.65. The van der Waals surface area contributed by atoms with E-state index in [0.717, 1.165) is 59.7 Å². The van der Waals surface area contributed by atoms with Crippen LogP contribution in [0.15, 0.2) is 65.6 Å². The molecule has 0 atom stereocenters. The minimum atomic E-state index is 0.928. The lowest BCUT2D eigenvalue weighted by Crippen LogP contribution is -2.33. The van der Waals surface area contributed by atoms with Crippen molar-refractivity contribution >= 4 is 39.6 Å². The standard InChI is InChI=1S/C24H24N4S/c1-3-27(4-2)13-14-28-24-19(15-17-9-5-8-12-21(17)26-24)23-22(29-28)16-18-10-6-7-11-20(18)25-23/h5-12,15-16H,3-4,13-14H2,1-2H3. The number of anilines is 1. The van der Waals surface area contributed by atoms with Crippen LogP contribution in [0.1, 0.15) is 13.8 Å². The van der Waals surface area contributed by atoms with Gasteiger partial charge in [0.2, 0.25) is 0 Å². The smallest absolute Gasteiger partial charge is 0.149 e. The number of fused-ring (bicyclic) bond motifs is 5. The Morgan fingerprint density at radius 3 is 2.24 bits per heavy atom. The lowest BCUT2D eigenvalue weighted by molar-refractivity contribution is 0.313. The van der Waals surface area contributed by atoms with Crippen molar-refractivity contribution in [1.82, 2.24) is 14.9 Å². The number of rotatable bonds is 5. The predicted octanol–water partition coefficient (Wildman–Crippen LogP) is 5.62. The van der Waals surface area contributed by atoms with Gasteiger partial charge in [-0.05, 0) is 49.3 Å². The van der Waals surface area contributed by atoms with E-state index in [1.54, 1.807) is 11.9 Å². The summed E-state index contributed by atoms with van der Waals surface area (Å²) in [6.45, 7) is 8.52. The zero-order valence-corrected chi connectivity index (χ0v) is 17.6. The van der Waals surface area contributed by atoms with E-state index in [9.17, 15) is 0 Å². The van der Waals surface area contributed by atoms with Gasteiger partial charge in [-0.15, -0.1) is 0 Å². The molecular formula is C24H24N4S. The molecule has 5 rings (SSSR count). The number of para-hydroxylation sites is 2. The summed E-state index contributed by atoms with van der Waals surface area (Å²) in [7, 11) is 0. The average Bonchev–Trinajstić information content (AvgIpc) is 2.77. The van der Waals surface area contributed by atoms with Crippen molar-refractivity contribution in [2.75, 3.05) is 30.5 Å². The molecule has 146 valence electrons. The molecule has 4 nitrogen and oxygen atoms in total. The van der Waals surface area contributed by atoms with Crippen LogP contribution in [0.4, 0.5) is 5.82 Å². The van der Waals surface area contributed by atoms with Gasteiger partial charge in [0.25, 0.3) is 0 Å². The lowest BCUT2D eigenvalue weighted by Gasteiger charge is -2.32. The number of likely N-dealkylation sites (N-methyl/N-ethyl adjacent to an activating group) is 1. The van der Waals surface area contributed by atoms with Crippen LogP contribution in [-0.4, -0.2) is 41.0 Å². The maximum atomic E-state index is 5.05. The molecule has 1 aliphatic heterocycles. The van der Waals surface area contributed by atoms with Crippen LogP contribution in [0.2, 0.25) is 0 Å². The first kappa shape index (κ1) is 18.4. The molecule has 0 saturated carbocycles. The Hall–Kier alpha value is -2.63. The fraction of sp³-hybridized carbons (Fsp3) is 0.250. The summed E-state index contributed by atoms with van der Waals surface area (Å²) in [6, 6.07) is 21.2. The van der Waals surface area contributed by atoms with Crippen molar-refractivity contribution in [3.05, 3.63) is 60.7 Å². The van der Waals surface area contributed by atoms with Crippen LogP contribution in [0.25, 0.3) is 33.1 Å². The summed E-state index contributed by atoms with van der Waals surface area (Å²) in [5.74, 6) is 1.02. The van der Waals surface area contributed by atoms with E-state index in [2.05, 4.69) is 77.6 Å². The van der Waals surface area contributed by atoms with E-state index >= 15 is 0 Å². The van der Waals surface area contributed by atoms with Gasteiger partial charge in [0, 0.05) is 29.4 Å². The molecule has 0 aliphatic carbocycles. The van der Waals surface area contributed by atoms with Crippen LogP contribution >= 0.6 is 11.9 Å². The van der Waals surface area contributed by atoms with E-state index in [0.29, 0.717) is 0 Å². The molecule has 5 heteroatoms. The predicted molar refractivity (Wildman–Crippen MR) is 123 cm³/mol. The van der Waals surface area contributed by atoms with Crippen LogP contribution in [-0.2, 0) is 0 Å². The molecule has 0 amide bonds. The maximum Gasteiger partial charge on any atom is 0.149 e. The van der Waals surface area contributed by atoms with E-state index in [1.807, 2.05) is 6.07 Å². The van der Waals surface area contributed by atoms with Crippen LogP contribution in [0.5, 0.6) is 0 Å². The van der Waals surface area contributed by atoms with Gasteiger partial charge in [-0.2, -0.15) is 0 Å². The third-order valence-electron chi connectivity index (χ3n) is 5.61. The highest BCUT2D eigenvalue weighted by Gasteiger charge is 2.27. The first-order valence-electron chi connectivity index (χ1n) is 10.2. The van der Waals surface area contributed by atoms with Gasteiger partial charge >= 0.3 is 0 Å². The number of hydrogen-bond acceptors (Lipinski definition) is 5. The molecule has 4 aromatic rings. The van der Waals surface area contributed by atoms with E-state index < -0.39 is 0 Å². The molecule has 3 heterocycles. The Morgan fingerprint density at radius 2 is 1.52 bits per heavy atom. The molecule has 2 aromatic carbocycles. The van der Waals surface area contributed by atoms with Gasteiger partial charge in [0.1, 0.15) is 5.82 Å². The molecule has 0 fully saturated rings. The molecule has 0 unspecified atom stereocenters. The molecule has 0 bridgehead atoms. The number of benzene rings is 2. The second-order valence-corrected chi connectivity index (χ2v) is 8.36. The largest absolute Gasteiger partial charge is 0.302 e. The zero-order valence-electron chi connectivity index (χ0n) is 16.8. The summed E-state index contributed by atoms with van der Waals surface area (Å²) < 4.78 is 2.35. The van der Waals surface area contributed by atoms with Crippen molar-refractivity contribution < 1.29 is 0 Å². The highest BCUT2D eigenvalue weighted by Crippen LogP contribution is 2.46. The zero-order chi connectivity index (χ0) is 19.8. The third-order valence-corrected chi connectivity index (χ3v) is 6.69. The van der Waals surface area contributed by atoms with Crippen LogP contribution in [0.3, 0.4) is 0 Å². The SMILES string of the molecule is CCN(CC)CCN1Sc2cc3ccccc3nc2-c2cc3ccccc3nc21. The minimum absolute atomic E-state index is 0.928. The second-order valence-electron chi connectivity index (χ2n) is 7.30.